The van der Waals surface area contributed by atoms with E-state index in [9.17, 15) is 4.79 Å². The average Bonchev–Trinajstić information content (AvgIpc) is 2.59. The second-order valence-electron chi connectivity index (χ2n) is 5.62. The number of rotatable bonds is 8. The maximum absolute atomic E-state index is 11.3. The number of esters is 1. The topological polar surface area (TPSA) is 51.2 Å². The van der Waals surface area contributed by atoms with Crippen molar-refractivity contribution in [1.29, 1.82) is 0 Å². The molecule has 0 spiro atoms. The van der Waals surface area contributed by atoms with Crippen molar-refractivity contribution in [2.24, 2.45) is 0 Å². The lowest BCUT2D eigenvalue weighted by Gasteiger charge is -2.32. The summed E-state index contributed by atoms with van der Waals surface area (Å²) in [5.74, 6) is 0.379. The molecule has 0 aliphatic carbocycles. The summed E-state index contributed by atoms with van der Waals surface area (Å²) in [6, 6.07) is 6.90. The van der Waals surface area contributed by atoms with Crippen molar-refractivity contribution in [1.82, 2.24) is 9.80 Å². The third-order valence-electron chi connectivity index (χ3n) is 3.92. The van der Waals surface area contributed by atoms with Gasteiger partial charge in [0, 0.05) is 32.7 Å². The van der Waals surface area contributed by atoms with Gasteiger partial charge in [0.25, 0.3) is 0 Å². The predicted octanol–water partition coefficient (Wildman–Crippen LogP) is 1.12. The lowest BCUT2D eigenvalue weighted by Crippen LogP contribution is -2.45. The van der Waals surface area contributed by atoms with Crippen LogP contribution in [0.25, 0.3) is 0 Å². The number of likely N-dealkylation sites (N-methyl/N-ethyl adjacent to an activating group) is 1. The van der Waals surface area contributed by atoms with Crippen molar-refractivity contribution in [3.63, 3.8) is 0 Å². The molecule has 1 aliphatic heterocycles. The Morgan fingerprint density at radius 3 is 2.39 bits per heavy atom. The molecule has 0 saturated carbocycles. The number of hydrogen-bond donors (Lipinski definition) is 0. The molecule has 0 unspecified atom stereocenters. The normalized spacial score (nSPS) is 16.3. The highest BCUT2D eigenvalue weighted by Crippen LogP contribution is 2.12. The number of carbonyl (C=O) groups is 1. The number of hydrogen-bond acceptors (Lipinski definition) is 6. The van der Waals surface area contributed by atoms with Crippen LogP contribution in [0.1, 0.15) is 10.4 Å². The Kier molecular flexibility index (Phi) is 7.32. The SMILES string of the molecule is COC(=O)c1ccc(OCCOCCN2CCN(C)CC2)cc1. The number of ether oxygens (including phenoxy) is 3. The van der Waals surface area contributed by atoms with Crippen LogP contribution < -0.4 is 4.74 Å². The molecule has 128 valence electrons. The molecule has 6 nitrogen and oxygen atoms in total. The molecule has 1 heterocycles. The van der Waals surface area contributed by atoms with Crippen molar-refractivity contribution >= 4 is 5.97 Å². The van der Waals surface area contributed by atoms with Crippen molar-refractivity contribution < 1.29 is 19.0 Å². The zero-order valence-electron chi connectivity index (χ0n) is 14.0. The Balaban J connectivity index is 1.54. The molecule has 1 saturated heterocycles. The molecule has 0 N–H and O–H groups in total. The molecule has 1 aliphatic rings. The van der Waals surface area contributed by atoms with Crippen LogP contribution in [-0.4, -0.2) is 82.5 Å². The fourth-order valence-corrected chi connectivity index (χ4v) is 2.39. The third kappa shape index (κ3) is 6.17. The van der Waals surface area contributed by atoms with Gasteiger partial charge in [-0.3, -0.25) is 4.90 Å². The van der Waals surface area contributed by atoms with Crippen LogP contribution in [-0.2, 0) is 9.47 Å². The summed E-state index contributed by atoms with van der Waals surface area (Å²) < 4.78 is 15.8. The molecule has 0 radical (unpaired) electrons. The van der Waals surface area contributed by atoms with E-state index in [0.29, 0.717) is 18.8 Å². The minimum atomic E-state index is -0.344. The zero-order valence-corrected chi connectivity index (χ0v) is 14.0. The summed E-state index contributed by atoms with van der Waals surface area (Å²) >= 11 is 0. The van der Waals surface area contributed by atoms with E-state index in [1.54, 1.807) is 24.3 Å². The maximum atomic E-state index is 11.3. The molecule has 6 heteroatoms. The number of nitrogens with zero attached hydrogens (tertiary/aromatic N) is 2. The highest BCUT2D eigenvalue weighted by molar-refractivity contribution is 5.89. The van der Waals surface area contributed by atoms with E-state index in [4.69, 9.17) is 9.47 Å². The van der Waals surface area contributed by atoms with Crippen LogP contribution in [0.15, 0.2) is 24.3 Å². The van der Waals surface area contributed by atoms with Crippen molar-refractivity contribution in [2.45, 2.75) is 0 Å². The largest absolute Gasteiger partial charge is 0.491 e. The summed E-state index contributed by atoms with van der Waals surface area (Å²) in [5, 5.41) is 0. The van der Waals surface area contributed by atoms with Gasteiger partial charge >= 0.3 is 5.97 Å². The van der Waals surface area contributed by atoms with E-state index in [1.165, 1.54) is 7.11 Å². The Labute approximate surface area is 137 Å². The Bertz CT molecular complexity index is 470. The second-order valence-corrected chi connectivity index (χ2v) is 5.62. The predicted molar refractivity (Wildman–Crippen MR) is 88.0 cm³/mol. The van der Waals surface area contributed by atoms with Crippen LogP contribution in [0.2, 0.25) is 0 Å². The van der Waals surface area contributed by atoms with Gasteiger partial charge in [-0.25, -0.2) is 4.79 Å². The molecular formula is C17H26N2O4. The first-order valence-corrected chi connectivity index (χ1v) is 7.99. The van der Waals surface area contributed by atoms with Crippen LogP contribution in [0.4, 0.5) is 0 Å². The number of piperazine rings is 1. The standard InChI is InChI=1S/C17H26N2O4/c1-18-7-9-19(10-8-18)11-12-22-13-14-23-16-5-3-15(4-6-16)17(20)21-2/h3-6H,7-14H2,1-2H3. The van der Waals surface area contributed by atoms with E-state index in [1.807, 2.05) is 0 Å². The highest BCUT2D eigenvalue weighted by Gasteiger charge is 2.12. The lowest BCUT2D eigenvalue weighted by molar-refractivity contribution is 0.0600. The molecule has 0 amide bonds. The Morgan fingerprint density at radius 1 is 1.04 bits per heavy atom. The van der Waals surface area contributed by atoms with Crippen LogP contribution >= 0.6 is 0 Å². The van der Waals surface area contributed by atoms with Crippen LogP contribution in [0.3, 0.4) is 0 Å². The van der Waals surface area contributed by atoms with Gasteiger partial charge in [0.05, 0.1) is 25.9 Å². The first kappa shape index (κ1) is 17.7. The third-order valence-corrected chi connectivity index (χ3v) is 3.92. The monoisotopic (exact) mass is 322 g/mol. The summed E-state index contributed by atoms with van der Waals surface area (Å²) in [5.41, 5.74) is 0.517. The van der Waals surface area contributed by atoms with Gasteiger partial charge in [-0.2, -0.15) is 0 Å². The molecule has 2 rings (SSSR count). The van der Waals surface area contributed by atoms with Gasteiger partial charge < -0.3 is 19.1 Å². The van der Waals surface area contributed by atoms with Crippen LogP contribution in [0, 0.1) is 0 Å². The zero-order chi connectivity index (χ0) is 16.5. The molecule has 1 fully saturated rings. The van der Waals surface area contributed by atoms with E-state index in [-0.39, 0.29) is 5.97 Å². The van der Waals surface area contributed by atoms with E-state index >= 15 is 0 Å². The summed E-state index contributed by atoms with van der Waals surface area (Å²) in [4.78, 5) is 16.1. The summed E-state index contributed by atoms with van der Waals surface area (Å²) in [7, 11) is 3.52. The fourth-order valence-electron chi connectivity index (χ4n) is 2.39. The van der Waals surface area contributed by atoms with Crippen molar-refractivity contribution in [2.75, 3.05) is 66.7 Å². The fraction of sp³-hybridized carbons (Fsp3) is 0.588. The average molecular weight is 322 g/mol. The number of benzene rings is 1. The van der Waals surface area contributed by atoms with E-state index in [2.05, 4.69) is 21.6 Å². The van der Waals surface area contributed by atoms with Crippen LogP contribution in [0.5, 0.6) is 5.75 Å². The molecule has 1 aromatic rings. The maximum Gasteiger partial charge on any atom is 0.337 e. The van der Waals surface area contributed by atoms with Gasteiger partial charge in [0.15, 0.2) is 0 Å². The minimum Gasteiger partial charge on any atom is -0.491 e. The molecule has 0 atom stereocenters. The van der Waals surface area contributed by atoms with Gasteiger partial charge in [-0.15, -0.1) is 0 Å². The smallest absolute Gasteiger partial charge is 0.337 e. The molecule has 0 bridgehead atoms. The second kappa shape index (κ2) is 9.50. The first-order chi connectivity index (χ1) is 11.2. The van der Waals surface area contributed by atoms with E-state index in [0.717, 1.165) is 45.1 Å². The molecule has 23 heavy (non-hydrogen) atoms. The highest BCUT2D eigenvalue weighted by atomic mass is 16.5. The van der Waals surface area contributed by atoms with Gasteiger partial charge in [-0.05, 0) is 31.3 Å². The van der Waals surface area contributed by atoms with Gasteiger partial charge in [0.2, 0.25) is 0 Å². The summed E-state index contributed by atoms with van der Waals surface area (Å²) in [6.07, 6.45) is 0. The molecular weight excluding hydrogens is 296 g/mol. The Hall–Kier alpha value is -1.63. The van der Waals surface area contributed by atoms with Crippen molar-refractivity contribution in [3.05, 3.63) is 29.8 Å². The van der Waals surface area contributed by atoms with E-state index < -0.39 is 0 Å². The molecule has 1 aromatic carbocycles. The molecule has 0 aromatic heterocycles. The quantitative estimate of drug-likeness (QED) is 0.528. The van der Waals surface area contributed by atoms with Gasteiger partial charge in [-0.1, -0.05) is 0 Å². The minimum absolute atomic E-state index is 0.344. The number of methoxy groups -OCH3 is 1. The summed E-state index contributed by atoms with van der Waals surface area (Å²) in [6.45, 7) is 7.25. The lowest BCUT2D eigenvalue weighted by atomic mass is 10.2. The van der Waals surface area contributed by atoms with Gasteiger partial charge in [0.1, 0.15) is 12.4 Å². The van der Waals surface area contributed by atoms with Crippen molar-refractivity contribution in [3.8, 4) is 5.75 Å². The first-order valence-electron chi connectivity index (χ1n) is 7.99. The Morgan fingerprint density at radius 2 is 1.74 bits per heavy atom. The number of carbonyl (C=O) groups excluding carboxylic acids is 1.